The predicted molar refractivity (Wildman–Crippen MR) is 79.0 cm³/mol. The van der Waals surface area contributed by atoms with Gasteiger partial charge in [-0.1, -0.05) is 44.2 Å². The largest absolute Gasteiger partial charge is 0.335 e. The highest BCUT2D eigenvalue weighted by atomic mass is 15.4. The lowest BCUT2D eigenvalue weighted by Crippen LogP contribution is -2.41. The van der Waals surface area contributed by atoms with Crippen LogP contribution in [-0.4, -0.2) is 32.0 Å². The second kappa shape index (κ2) is 5.45. The van der Waals surface area contributed by atoms with E-state index in [0.29, 0.717) is 5.95 Å². The number of hydrogen-bond donors (Lipinski definition) is 0. The van der Waals surface area contributed by atoms with E-state index in [-0.39, 0.29) is 6.17 Å². The van der Waals surface area contributed by atoms with Crippen LogP contribution in [0.5, 0.6) is 0 Å². The van der Waals surface area contributed by atoms with Gasteiger partial charge in [-0.2, -0.15) is 4.99 Å². The van der Waals surface area contributed by atoms with Gasteiger partial charge in [-0.05, 0) is 12.0 Å². The quantitative estimate of drug-likeness (QED) is 0.857. The molecular weight excluding hydrogens is 250 g/mol. The molecule has 0 aliphatic carbocycles. The van der Waals surface area contributed by atoms with Crippen molar-refractivity contribution in [3.05, 3.63) is 42.2 Å². The van der Waals surface area contributed by atoms with Gasteiger partial charge < -0.3 is 4.90 Å². The molecule has 2 heterocycles. The number of fused-ring (bicyclic) bond motifs is 1. The standard InChI is InChI=1S/C15H19N5/c1-3-10-19-13(4-2)17-15-18-16-11-20(15)14(19)12-8-6-5-7-9-12/h5-9,11,14H,3-4,10H2,1-2H3. The Morgan fingerprint density at radius 3 is 2.65 bits per heavy atom. The van der Waals surface area contributed by atoms with Crippen molar-refractivity contribution in [3.8, 4) is 0 Å². The molecule has 0 spiro atoms. The summed E-state index contributed by atoms with van der Waals surface area (Å²) in [4.78, 5) is 6.98. The third-order valence-corrected chi connectivity index (χ3v) is 3.55. The van der Waals surface area contributed by atoms with E-state index < -0.39 is 0 Å². The minimum absolute atomic E-state index is 0.105. The summed E-state index contributed by atoms with van der Waals surface area (Å²) in [6, 6.07) is 10.5. The van der Waals surface area contributed by atoms with Crippen molar-refractivity contribution in [1.82, 2.24) is 19.7 Å². The van der Waals surface area contributed by atoms with Crippen molar-refractivity contribution >= 4 is 11.8 Å². The average Bonchev–Trinajstić information content (AvgIpc) is 2.95. The molecular formula is C15H19N5. The average molecular weight is 269 g/mol. The van der Waals surface area contributed by atoms with Crippen LogP contribution in [0.3, 0.4) is 0 Å². The van der Waals surface area contributed by atoms with Gasteiger partial charge in [0.1, 0.15) is 18.3 Å². The van der Waals surface area contributed by atoms with Gasteiger partial charge >= 0.3 is 0 Å². The number of hydrogen-bond acceptors (Lipinski definition) is 4. The molecule has 0 amide bonds. The maximum atomic E-state index is 4.63. The van der Waals surface area contributed by atoms with Crippen LogP contribution in [0.1, 0.15) is 38.4 Å². The Hall–Kier alpha value is -2.17. The Bertz CT molecular complexity index is 602. The van der Waals surface area contributed by atoms with Gasteiger partial charge in [0.05, 0.1) is 0 Å². The van der Waals surface area contributed by atoms with Gasteiger partial charge in [-0.25, -0.2) is 0 Å². The van der Waals surface area contributed by atoms with E-state index in [9.17, 15) is 0 Å². The molecule has 104 valence electrons. The number of rotatable bonds is 4. The zero-order valence-corrected chi connectivity index (χ0v) is 11.9. The lowest BCUT2D eigenvalue weighted by Gasteiger charge is -2.37. The molecule has 1 aliphatic heterocycles. The minimum atomic E-state index is 0.105. The van der Waals surface area contributed by atoms with Crippen LogP contribution >= 0.6 is 0 Å². The molecule has 0 bridgehead atoms. The molecule has 5 heteroatoms. The summed E-state index contributed by atoms with van der Waals surface area (Å²) in [5.41, 5.74) is 1.24. The molecule has 1 atom stereocenters. The van der Waals surface area contributed by atoms with Crippen LogP contribution < -0.4 is 0 Å². The van der Waals surface area contributed by atoms with E-state index in [1.54, 1.807) is 6.33 Å². The number of aliphatic imine (C=N–C) groups is 1. The summed E-state index contributed by atoms with van der Waals surface area (Å²) in [5.74, 6) is 1.78. The lowest BCUT2D eigenvalue weighted by molar-refractivity contribution is 0.265. The van der Waals surface area contributed by atoms with Gasteiger partial charge in [0, 0.05) is 13.0 Å². The van der Waals surface area contributed by atoms with Gasteiger partial charge in [0.2, 0.25) is 0 Å². The molecule has 20 heavy (non-hydrogen) atoms. The van der Waals surface area contributed by atoms with Gasteiger partial charge in [0.25, 0.3) is 5.95 Å². The molecule has 1 aliphatic rings. The van der Waals surface area contributed by atoms with Crippen LogP contribution in [0.15, 0.2) is 41.7 Å². The van der Waals surface area contributed by atoms with Crippen molar-refractivity contribution in [3.63, 3.8) is 0 Å². The normalized spacial score (nSPS) is 17.8. The molecule has 0 radical (unpaired) electrons. The first kappa shape index (κ1) is 12.8. The van der Waals surface area contributed by atoms with Crippen LogP contribution in [0, 0.1) is 0 Å². The zero-order chi connectivity index (χ0) is 13.9. The minimum Gasteiger partial charge on any atom is -0.335 e. The summed E-state index contributed by atoms with van der Waals surface area (Å²) in [6.07, 6.45) is 3.86. The second-order valence-electron chi connectivity index (χ2n) is 4.90. The highest BCUT2D eigenvalue weighted by Gasteiger charge is 2.30. The van der Waals surface area contributed by atoms with Crippen molar-refractivity contribution in [2.24, 2.45) is 4.99 Å². The predicted octanol–water partition coefficient (Wildman–Crippen LogP) is 2.99. The molecule has 0 saturated heterocycles. The van der Waals surface area contributed by atoms with Crippen molar-refractivity contribution in [2.75, 3.05) is 6.54 Å². The van der Waals surface area contributed by atoms with E-state index >= 15 is 0 Å². The van der Waals surface area contributed by atoms with E-state index in [4.69, 9.17) is 0 Å². The topological polar surface area (TPSA) is 46.3 Å². The Labute approximate surface area is 119 Å². The first-order valence-electron chi connectivity index (χ1n) is 7.13. The Morgan fingerprint density at radius 1 is 1.15 bits per heavy atom. The first-order chi connectivity index (χ1) is 9.85. The van der Waals surface area contributed by atoms with E-state index in [1.807, 2.05) is 10.6 Å². The third kappa shape index (κ3) is 2.09. The van der Waals surface area contributed by atoms with Crippen molar-refractivity contribution in [1.29, 1.82) is 0 Å². The summed E-state index contributed by atoms with van der Waals surface area (Å²) >= 11 is 0. The Morgan fingerprint density at radius 2 is 1.95 bits per heavy atom. The van der Waals surface area contributed by atoms with Crippen LogP contribution in [-0.2, 0) is 0 Å². The fourth-order valence-electron chi connectivity index (χ4n) is 2.70. The lowest BCUT2D eigenvalue weighted by atomic mass is 10.1. The highest BCUT2D eigenvalue weighted by Crippen LogP contribution is 2.32. The monoisotopic (exact) mass is 269 g/mol. The van der Waals surface area contributed by atoms with Crippen LogP contribution in [0.4, 0.5) is 5.95 Å². The van der Waals surface area contributed by atoms with Gasteiger partial charge in [0.15, 0.2) is 0 Å². The Balaban J connectivity index is 2.11. The number of nitrogens with zero attached hydrogens (tertiary/aromatic N) is 5. The number of amidine groups is 1. The first-order valence-corrected chi connectivity index (χ1v) is 7.13. The zero-order valence-electron chi connectivity index (χ0n) is 11.9. The second-order valence-corrected chi connectivity index (χ2v) is 4.90. The summed E-state index contributed by atoms with van der Waals surface area (Å²) < 4.78 is 2.05. The molecule has 1 aromatic heterocycles. The smallest absolute Gasteiger partial charge is 0.254 e. The molecule has 0 saturated carbocycles. The van der Waals surface area contributed by atoms with E-state index in [0.717, 1.165) is 25.2 Å². The highest BCUT2D eigenvalue weighted by molar-refractivity contribution is 5.85. The van der Waals surface area contributed by atoms with Crippen molar-refractivity contribution in [2.45, 2.75) is 32.9 Å². The molecule has 2 aromatic rings. The molecule has 5 nitrogen and oxygen atoms in total. The molecule has 1 unspecified atom stereocenters. The van der Waals surface area contributed by atoms with E-state index in [2.05, 4.69) is 58.2 Å². The van der Waals surface area contributed by atoms with Crippen molar-refractivity contribution < 1.29 is 0 Å². The Kier molecular flexibility index (Phi) is 3.50. The van der Waals surface area contributed by atoms with Gasteiger partial charge in [-0.15, -0.1) is 10.2 Å². The fourth-order valence-corrected chi connectivity index (χ4v) is 2.70. The van der Waals surface area contributed by atoms with Gasteiger partial charge in [-0.3, -0.25) is 4.57 Å². The summed E-state index contributed by atoms with van der Waals surface area (Å²) in [5, 5.41) is 8.15. The number of benzene rings is 1. The summed E-state index contributed by atoms with van der Waals surface area (Å²) in [7, 11) is 0. The van der Waals surface area contributed by atoms with Crippen LogP contribution in [0.25, 0.3) is 0 Å². The third-order valence-electron chi connectivity index (χ3n) is 3.55. The molecule has 3 rings (SSSR count). The molecule has 0 fully saturated rings. The summed E-state index contributed by atoms with van der Waals surface area (Å²) in [6.45, 7) is 5.30. The fraction of sp³-hybridized carbons (Fsp3) is 0.400. The number of aromatic nitrogens is 3. The SMILES string of the molecule is CCCN1C(CC)=Nc2nncn2C1c1ccccc1. The molecule has 0 N–H and O–H groups in total. The maximum Gasteiger partial charge on any atom is 0.254 e. The van der Waals surface area contributed by atoms with Crippen LogP contribution in [0.2, 0.25) is 0 Å². The van der Waals surface area contributed by atoms with E-state index in [1.165, 1.54) is 5.56 Å². The maximum absolute atomic E-state index is 4.63. The molecule has 1 aromatic carbocycles.